The lowest BCUT2D eigenvalue weighted by Gasteiger charge is -2.30. The van der Waals surface area contributed by atoms with Crippen LogP contribution < -0.4 is 5.73 Å². The molecule has 1 fully saturated rings. The lowest BCUT2D eigenvalue weighted by Crippen LogP contribution is -2.45. The molecule has 1 aromatic carbocycles. The summed E-state index contributed by atoms with van der Waals surface area (Å²) in [5, 5.41) is 0. The number of carbonyl (C=O) groups excluding carboxylic acids is 2. The molecule has 1 heterocycles. The first-order chi connectivity index (χ1) is 10.1. The number of ether oxygens (including phenoxy) is 1. The molecule has 1 amide bonds. The molecule has 0 aromatic heterocycles. The standard InChI is InChI=1S/C16H22N2O3/c1-3-21-16(20)14-9-8-13(18(14)15(19)10-17)12-7-5-4-6-11(12)2/h4-7,13-14H,3,8-10,17H2,1-2H3/t13-,14+/m1/s1. The van der Waals surface area contributed by atoms with Crippen molar-refractivity contribution in [1.29, 1.82) is 0 Å². The van der Waals surface area contributed by atoms with Crippen molar-refractivity contribution < 1.29 is 14.3 Å². The van der Waals surface area contributed by atoms with Gasteiger partial charge in [0.25, 0.3) is 0 Å². The molecule has 0 unspecified atom stereocenters. The predicted molar refractivity (Wildman–Crippen MR) is 79.5 cm³/mol. The predicted octanol–water partition coefficient (Wildman–Crippen LogP) is 1.55. The zero-order valence-electron chi connectivity index (χ0n) is 12.5. The van der Waals surface area contributed by atoms with Gasteiger partial charge >= 0.3 is 5.97 Å². The van der Waals surface area contributed by atoms with E-state index in [1.807, 2.05) is 31.2 Å². The van der Waals surface area contributed by atoms with Gasteiger partial charge in [-0.25, -0.2) is 4.79 Å². The number of hydrogen-bond acceptors (Lipinski definition) is 4. The van der Waals surface area contributed by atoms with Gasteiger partial charge in [0.05, 0.1) is 19.2 Å². The summed E-state index contributed by atoms with van der Waals surface area (Å²) in [5.74, 6) is -0.547. The van der Waals surface area contributed by atoms with Gasteiger partial charge in [-0.05, 0) is 37.8 Å². The quantitative estimate of drug-likeness (QED) is 0.854. The second kappa shape index (κ2) is 6.72. The van der Waals surface area contributed by atoms with Crippen LogP contribution in [-0.2, 0) is 14.3 Å². The van der Waals surface area contributed by atoms with Gasteiger partial charge in [0.1, 0.15) is 6.04 Å². The third-order valence-electron chi connectivity index (χ3n) is 3.95. The Kier molecular flexibility index (Phi) is 4.96. The van der Waals surface area contributed by atoms with Gasteiger partial charge in [-0.15, -0.1) is 0 Å². The normalized spacial score (nSPS) is 21.4. The molecule has 1 aliphatic heterocycles. The molecule has 0 spiro atoms. The van der Waals surface area contributed by atoms with Crippen LogP contribution in [0.15, 0.2) is 24.3 Å². The highest BCUT2D eigenvalue weighted by atomic mass is 16.5. The van der Waals surface area contributed by atoms with Gasteiger partial charge in [0, 0.05) is 0 Å². The van der Waals surface area contributed by atoms with Crippen LogP contribution in [0.4, 0.5) is 0 Å². The van der Waals surface area contributed by atoms with Crippen molar-refractivity contribution in [2.45, 2.75) is 38.8 Å². The first kappa shape index (κ1) is 15.5. The molecule has 2 rings (SSSR count). The molecule has 0 saturated carbocycles. The SMILES string of the molecule is CCOC(=O)[C@@H]1CC[C@H](c2ccccc2C)N1C(=O)CN. The lowest BCUT2D eigenvalue weighted by molar-refractivity contribution is -0.153. The summed E-state index contributed by atoms with van der Waals surface area (Å²) in [5.41, 5.74) is 7.71. The Balaban J connectivity index is 2.32. The number of amides is 1. The Morgan fingerprint density at radius 3 is 2.67 bits per heavy atom. The van der Waals surface area contributed by atoms with E-state index in [0.29, 0.717) is 13.0 Å². The molecule has 21 heavy (non-hydrogen) atoms. The Morgan fingerprint density at radius 1 is 1.33 bits per heavy atom. The van der Waals surface area contributed by atoms with Crippen LogP contribution in [0.25, 0.3) is 0 Å². The van der Waals surface area contributed by atoms with Crippen LogP contribution >= 0.6 is 0 Å². The monoisotopic (exact) mass is 290 g/mol. The van der Waals surface area contributed by atoms with Gasteiger partial charge in [-0.3, -0.25) is 4.79 Å². The first-order valence-electron chi connectivity index (χ1n) is 7.33. The van der Waals surface area contributed by atoms with E-state index in [9.17, 15) is 9.59 Å². The number of aryl methyl sites for hydroxylation is 1. The fraction of sp³-hybridized carbons (Fsp3) is 0.500. The lowest BCUT2D eigenvalue weighted by atomic mass is 9.99. The number of esters is 1. The molecule has 5 heteroatoms. The molecule has 5 nitrogen and oxygen atoms in total. The van der Waals surface area contributed by atoms with Crippen molar-refractivity contribution in [3.63, 3.8) is 0 Å². The van der Waals surface area contributed by atoms with E-state index in [1.165, 1.54) is 0 Å². The van der Waals surface area contributed by atoms with E-state index in [4.69, 9.17) is 10.5 Å². The maximum absolute atomic E-state index is 12.2. The van der Waals surface area contributed by atoms with Crippen LogP contribution in [0.1, 0.15) is 36.9 Å². The number of rotatable bonds is 4. The Bertz CT molecular complexity index is 530. The van der Waals surface area contributed by atoms with Gasteiger partial charge in [-0.2, -0.15) is 0 Å². The summed E-state index contributed by atoms with van der Waals surface area (Å²) in [6, 6.07) is 7.31. The smallest absolute Gasteiger partial charge is 0.328 e. The molecule has 2 atom stereocenters. The summed E-state index contributed by atoms with van der Waals surface area (Å²) in [6.07, 6.45) is 1.36. The third-order valence-corrected chi connectivity index (χ3v) is 3.95. The van der Waals surface area contributed by atoms with Crippen LogP contribution in [0.3, 0.4) is 0 Å². The molecule has 1 aliphatic rings. The van der Waals surface area contributed by atoms with E-state index in [0.717, 1.165) is 17.5 Å². The van der Waals surface area contributed by atoms with E-state index in [1.54, 1.807) is 11.8 Å². The van der Waals surface area contributed by atoms with Gasteiger partial charge in [0.2, 0.25) is 5.91 Å². The summed E-state index contributed by atoms with van der Waals surface area (Å²) >= 11 is 0. The van der Waals surface area contributed by atoms with Crippen LogP contribution in [0.2, 0.25) is 0 Å². The average molecular weight is 290 g/mol. The molecule has 1 saturated heterocycles. The van der Waals surface area contributed by atoms with Crippen molar-refractivity contribution in [2.75, 3.05) is 13.2 Å². The van der Waals surface area contributed by atoms with E-state index in [-0.39, 0.29) is 24.5 Å². The van der Waals surface area contributed by atoms with Crippen molar-refractivity contribution in [3.05, 3.63) is 35.4 Å². The minimum Gasteiger partial charge on any atom is -0.464 e. The zero-order chi connectivity index (χ0) is 15.4. The molecule has 0 bridgehead atoms. The van der Waals surface area contributed by atoms with E-state index < -0.39 is 6.04 Å². The van der Waals surface area contributed by atoms with Crippen LogP contribution in [0.5, 0.6) is 0 Å². The highest BCUT2D eigenvalue weighted by Crippen LogP contribution is 2.37. The molecular formula is C16H22N2O3. The molecule has 0 aliphatic carbocycles. The van der Waals surface area contributed by atoms with E-state index >= 15 is 0 Å². The summed E-state index contributed by atoms with van der Waals surface area (Å²) < 4.78 is 5.09. The number of nitrogens with zero attached hydrogens (tertiary/aromatic N) is 1. The fourth-order valence-electron chi connectivity index (χ4n) is 3.00. The zero-order valence-corrected chi connectivity index (χ0v) is 12.5. The molecule has 1 aromatic rings. The minimum absolute atomic E-state index is 0.0989. The van der Waals surface area contributed by atoms with Crippen molar-refractivity contribution in [2.24, 2.45) is 5.73 Å². The molecule has 0 radical (unpaired) electrons. The first-order valence-corrected chi connectivity index (χ1v) is 7.33. The third kappa shape index (κ3) is 3.08. The number of hydrogen-bond donors (Lipinski definition) is 1. The van der Waals surface area contributed by atoms with E-state index in [2.05, 4.69) is 0 Å². The Hall–Kier alpha value is -1.88. The van der Waals surface area contributed by atoms with Gasteiger partial charge < -0.3 is 15.4 Å². The number of carbonyl (C=O) groups is 2. The number of benzene rings is 1. The average Bonchev–Trinajstić information content (AvgIpc) is 2.92. The minimum atomic E-state index is -0.523. The maximum atomic E-state index is 12.2. The summed E-state index contributed by atoms with van der Waals surface area (Å²) in [6.45, 7) is 3.99. The Labute approximate surface area is 125 Å². The second-order valence-electron chi connectivity index (χ2n) is 5.22. The highest BCUT2D eigenvalue weighted by Gasteiger charge is 2.42. The molecular weight excluding hydrogens is 268 g/mol. The largest absolute Gasteiger partial charge is 0.464 e. The fourth-order valence-corrected chi connectivity index (χ4v) is 3.00. The van der Waals surface area contributed by atoms with Crippen LogP contribution in [0, 0.1) is 6.92 Å². The maximum Gasteiger partial charge on any atom is 0.328 e. The number of likely N-dealkylation sites (tertiary alicyclic amines) is 1. The topological polar surface area (TPSA) is 72.6 Å². The second-order valence-corrected chi connectivity index (χ2v) is 5.22. The Morgan fingerprint density at radius 2 is 2.05 bits per heavy atom. The highest BCUT2D eigenvalue weighted by molar-refractivity contribution is 5.86. The summed E-state index contributed by atoms with van der Waals surface area (Å²) in [4.78, 5) is 25.9. The van der Waals surface area contributed by atoms with Crippen molar-refractivity contribution >= 4 is 11.9 Å². The molecule has 114 valence electrons. The van der Waals surface area contributed by atoms with Crippen LogP contribution in [-0.4, -0.2) is 36.0 Å². The van der Waals surface area contributed by atoms with Gasteiger partial charge in [-0.1, -0.05) is 24.3 Å². The van der Waals surface area contributed by atoms with Crippen molar-refractivity contribution in [1.82, 2.24) is 4.90 Å². The number of nitrogens with two attached hydrogens (primary N) is 1. The van der Waals surface area contributed by atoms with Crippen molar-refractivity contribution in [3.8, 4) is 0 Å². The van der Waals surface area contributed by atoms with Gasteiger partial charge in [0.15, 0.2) is 0 Å². The molecule has 2 N–H and O–H groups in total. The summed E-state index contributed by atoms with van der Waals surface area (Å²) in [7, 11) is 0.